The number of hydrogen-bond donors (Lipinski definition) is 1. The number of nitrogens with zero attached hydrogens (tertiary/aromatic N) is 4. The maximum Gasteiger partial charge on any atom is 0.337 e. The quantitative estimate of drug-likeness (QED) is 0.879. The fourth-order valence-electron chi connectivity index (χ4n) is 3.02. The molecule has 1 amide bonds. The topological polar surface area (TPSA) is 97.5 Å². The first-order chi connectivity index (χ1) is 12.0. The van der Waals surface area contributed by atoms with E-state index in [9.17, 15) is 14.7 Å². The molecule has 0 radical (unpaired) electrons. The van der Waals surface area contributed by atoms with E-state index in [4.69, 9.17) is 4.74 Å². The molecule has 2 aromatic rings. The maximum absolute atomic E-state index is 12.0. The Bertz CT molecular complexity index is 815. The van der Waals surface area contributed by atoms with Gasteiger partial charge in [0.05, 0.1) is 17.5 Å². The predicted molar refractivity (Wildman–Crippen MR) is 89.3 cm³/mol. The average molecular weight is 344 g/mol. The van der Waals surface area contributed by atoms with Crippen molar-refractivity contribution < 1.29 is 19.4 Å². The van der Waals surface area contributed by atoms with Crippen LogP contribution in [0.5, 0.6) is 0 Å². The molecule has 0 saturated carbocycles. The van der Waals surface area contributed by atoms with E-state index >= 15 is 0 Å². The van der Waals surface area contributed by atoms with E-state index in [1.54, 1.807) is 35.1 Å². The van der Waals surface area contributed by atoms with Crippen LogP contribution in [-0.4, -0.2) is 63.5 Å². The summed E-state index contributed by atoms with van der Waals surface area (Å²) in [7, 11) is 3.26. The van der Waals surface area contributed by atoms with Crippen LogP contribution in [0.1, 0.15) is 21.6 Å². The zero-order valence-corrected chi connectivity index (χ0v) is 14.2. The van der Waals surface area contributed by atoms with Crippen LogP contribution in [0.15, 0.2) is 18.5 Å². The Labute approximate surface area is 145 Å². The lowest BCUT2D eigenvalue weighted by Gasteiger charge is -2.19. The van der Waals surface area contributed by atoms with Crippen LogP contribution < -0.4 is 0 Å². The molecule has 25 heavy (non-hydrogen) atoms. The summed E-state index contributed by atoms with van der Waals surface area (Å²) in [4.78, 5) is 30.1. The smallest absolute Gasteiger partial charge is 0.337 e. The Morgan fingerprint density at radius 2 is 2.08 bits per heavy atom. The minimum absolute atomic E-state index is 0.0467. The van der Waals surface area contributed by atoms with Gasteiger partial charge in [-0.3, -0.25) is 14.5 Å². The van der Waals surface area contributed by atoms with Crippen molar-refractivity contribution in [3.05, 3.63) is 35.3 Å². The van der Waals surface area contributed by atoms with Crippen molar-refractivity contribution in [1.29, 1.82) is 0 Å². The molecular formula is C17H20N4O4. The molecule has 0 aliphatic carbocycles. The number of carbonyl (C=O) groups is 2. The van der Waals surface area contributed by atoms with Gasteiger partial charge < -0.3 is 14.7 Å². The summed E-state index contributed by atoms with van der Waals surface area (Å²) in [5.74, 6) is -1.09. The Balaban J connectivity index is 1.96. The minimum atomic E-state index is -1.02. The van der Waals surface area contributed by atoms with E-state index < -0.39 is 5.97 Å². The third-order valence-electron chi connectivity index (χ3n) is 4.29. The molecule has 132 valence electrons. The van der Waals surface area contributed by atoms with Crippen LogP contribution in [0.4, 0.5) is 0 Å². The molecule has 1 aliphatic heterocycles. The summed E-state index contributed by atoms with van der Waals surface area (Å²) in [5, 5.41) is 13.7. The Morgan fingerprint density at radius 3 is 2.72 bits per heavy atom. The van der Waals surface area contributed by atoms with Crippen LogP contribution in [-0.2, 0) is 29.4 Å². The molecule has 0 aromatic carbocycles. The van der Waals surface area contributed by atoms with Crippen molar-refractivity contribution in [2.45, 2.75) is 12.8 Å². The van der Waals surface area contributed by atoms with Gasteiger partial charge in [0, 0.05) is 51.1 Å². The first-order valence-electron chi connectivity index (χ1n) is 8.01. The maximum atomic E-state index is 12.0. The Morgan fingerprint density at radius 1 is 1.32 bits per heavy atom. The Kier molecular flexibility index (Phi) is 4.80. The molecule has 8 nitrogen and oxygen atoms in total. The predicted octanol–water partition coefficient (Wildman–Crippen LogP) is 0.754. The number of aromatic carboxylic acids is 1. The van der Waals surface area contributed by atoms with Crippen molar-refractivity contribution in [2.75, 3.05) is 26.8 Å². The van der Waals surface area contributed by atoms with Crippen LogP contribution in [0, 0.1) is 0 Å². The second-order valence-corrected chi connectivity index (χ2v) is 6.01. The van der Waals surface area contributed by atoms with Gasteiger partial charge in [-0.2, -0.15) is 5.10 Å². The molecule has 1 N–H and O–H groups in total. The second-order valence-electron chi connectivity index (χ2n) is 6.01. The number of hydrogen-bond acceptors (Lipinski definition) is 5. The standard InChI is InChI=1S/C17H20N4O4/c1-20-9-12(8-18-20)16-13(17(23)24)7-11-3-5-21(15(22)10-25-2)6-4-14(11)19-16/h7-9H,3-6,10H2,1-2H3,(H,23,24). The second kappa shape index (κ2) is 7.02. The normalized spacial score (nSPS) is 14.1. The number of pyridine rings is 1. The first kappa shape index (κ1) is 17.1. The molecule has 0 fully saturated rings. The van der Waals surface area contributed by atoms with Gasteiger partial charge in [0.15, 0.2) is 0 Å². The molecule has 1 aliphatic rings. The largest absolute Gasteiger partial charge is 0.478 e. The molecule has 3 heterocycles. The highest BCUT2D eigenvalue weighted by molar-refractivity contribution is 5.95. The number of carbonyl (C=O) groups excluding carboxylic acids is 1. The molecule has 0 atom stereocenters. The van der Waals surface area contributed by atoms with Gasteiger partial charge in [0.25, 0.3) is 0 Å². The molecule has 8 heteroatoms. The molecule has 0 unspecified atom stereocenters. The summed E-state index contributed by atoms with van der Waals surface area (Å²) in [6.45, 7) is 1.12. The van der Waals surface area contributed by atoms with Gasteiger partial charge in [0.1, 0.15) is 6.61 Å². The van der Waals surface area contributed by atoms with Crippen molar-refractivity contribution in [3.63, 3.8) is 0 Å². The summed E-state index contributed by atoms with van der Waals surface area (Å²) in [6.07, 6.45) is 4.50. The Hall–Kier alpha value is -2.74. The molecule has 0 saturated heterocycles. The summed E-state index contributed by atoms with van der Waals surface area (Å²) in [5.41, 5.74) is 2.94. The molecule has 0 bridgehead atoms. The SMILES string of the molecule is COCC(=O)N1CCc2cc(C(=O)O)c(-c3cnn(C)c3)nc2CC1. The van der Waals surface area contributed by atoms with Gasteiger partial charge in [-0.05, 0) is 18.1 Å². The number of carboxylic acids is 1. The zero-order valence-electron chi connectivity index (χ0n) is 14.2. The van der Waals surface area contributed by atoms with E-state index in [0.717, 1.165) is 11.3 Å². The fourth-order valence-corrected chi connectivity index (χ4v) is 3.02. The average Bonchev–Trinajstić information content (AvgIpc) is 2.90. The molecular weight excluding hydrogens is 324 g/mol. The van der Waals surface area contributed by atoms with Gasteiger partial charge in [0.2, 0.25) is 5.91 Å². The number of ether oxygens (including phenoxy) is 1. The number of carboxylic acid groups (broad SMARTS) is 1. The third kappa shape index (κ3) is 3.53. The van der Waals surface area contributed by atoms with Crippen LogP contribution >= 0.6 is 0 Å². The number of aryl methyl sites for hydroxylation is 1. The van der Waals surface area contributed by atoms with Crippen molar-refractivity contribution in [1.82, 2.24) is 19.7 Å². The van der Waals surface area contributed by atoms with E-state index in [1.807, 2.05) is 0 Å². The van der Waals surface area contributed by atoms with Gasteiger partial charge in [-0.1, -0.05) is 0 Å². The number of amides is 1. The molecule has 2 aromatic heterocycles. The number of rotatable bonds is 4. The highest BCUT2D eigenvalue weighted by atomic mass is 16.5. The van der Waals surface area contributed by atoms with E-state index in [-0.39, 0.29) is 18.1 Å². The minimum Gasteiger partial charge on any atom is -0.478 e. The van der Waals surface area contributed by atoms with Crippen molar-refractivity contribution in [3.8, 4) is 11.3 Å². The van der Waals surface area contributed by atoms with Gasteiger partial charge >= 0.3 is 5.97 Å². The monoisotopic (exact) mass is 344 g/mol. The lowest BCUT2D eigenvalue weighted by molar-refractivity contribution is -0.135. The lowest BCUT2D eigenvalue weighted by atomic mass is 10.0. The summed E-state index contributed by atoms with van der Waals surface area (Å²) < 4.78 is 6.52. The number of methoxy groups -OCH3 is 1. The highest BCUT2D eigenvalue weighted by Gasteiger charge is 2.23. The van der Waals surface area contributed by atoms with Crippen LogP contribution in [0.2, 0.25) is 0 Å². The summed E-state index contributed by atoms with van der Waals surface area (Å²) in [6, 6.07) is 1.68. The number of aromatic nitrogens is 3. The van der Waals surface area contributed by atoms with E-state index in [2.05, 4.69) is 10.1 Å². The fraction of sp³-hybridized carbons (Fsp3) is 0.412. The summed E-state index contributed by atoms with van der Waals surface area (Å²) >= 11 is 0. The van der Waals surface area contributed by atoms with Crippen LogP contribution in [0.3, 0.4) is 0 Å². The lowest BCUT2D eigenvalue weighted by Crippen LogP contribution is -2.35. The van der Waals surface area contributed by atoms with Gasteiger partial charge in [-0.25, -0.2) is 4.79 Å². The van der Waals surface area contributed by atoms with E-state index in [1.165, 1.54) is 7.11 Å². The van der Waals surface area contributed by atoms with Crippen molar-refractivity contribution in [2.24, 2.45) is 7.05 Å². The van der Waals surface area contributed by atoms with E-state index in [0.29, 0.717) is 37.2 Å². The highest BCUT2D eigenvalue weighted by Crippen LogP contribution is 2.26. The molecule has 0 spiro atoms. The van der Waals surface area contributed by atoms with Crippen LogP contribution in [0.25, 0.3) is 11.3 Å². The van der Waals surface area contributed by atoms with Crippen molar-refractivity contribution >= 4 is 11.9 Å². The first-order valence-corrected chi connectivity index (χ1v) is 8.01. The number of fused-ring (bicyclic) bond motifs is 1. The third-order valence-corrected chi connectivity index (χ3v) is 4.29. The zero-order chi connectivity index (χ0) is 18.0. The molecule has 3 rings (SSSR count). The van der Waals surface area contributed by atoms with Gasteiger partial charge in [-0.15, -0.1) is 0 Å².